The predicted molar refractivity (Wildman–Crippen MR) is 112 cm³/mol. The molecule has 0 unspecified atom stereocenters. The molecule has 1 aromatic heterocycles. The van der Waals surface area contributed by atoms with Gasteiger partial charge in [0, 0.05) is 20.0 Å². The molecule has 0 N–H and O–H groups in total. The predicted octanol–water partition coefficient (Wildman–Crippen LogP) is 3.89. The molecular formula is C22H21N3O3S. The summed E-state index contributed by atoms with van der Waals surface area (Å²) in [6.07, 6.45) is 0.695. The highest BCUT2D eigenvalue weighted by atomic mass is 32.1. The maximum Gasteiger partial charge on any atom is 0.261 e. The molecule has 3 amide bonds. The van der Waals surface area contributed by atoms with Crippen molar-refractivity contribution in [2.24, 2.45) is 0 Å². The number of imide groups is 1. The van der Waals surface area contributed by atoms with Gasteiger partial charge in [-0.05, 0) is 37.6 Å². The average Bonchev–Trinajstić information content (AvgIpc) is 3.28. The molecule has 2 aromatic carbocycles. The molecular weight excluding hydrogens is 386 g/mol. The van der Waals surface area contributed by atoms with Gasteiger partial charge in [0.05, 0.1) is 27.4 Å². The van der Waals surface area contributed by atoms with Gasteiger partial charge in [-0.3, -0.25) is 19.3 Å². The fourth-order valence-electron chi connectivity index (χ4n) is 3.46. The highest BCUT2D eigenvalue weighted by Gasteiger charge is 2.34. The first-order valence-electron chi connectivity index (χ1n) is 9.53. The highest BCUT2D eigenvalue weighted by molar-refractivity contribution is 7.18. The smallest absolute Gasteiger partial charge is 0.261 e. The lowest BCUT2D eigenvalue weighted by Gasteiger charge is -2.23. The van der Waals surface area contributed by atoms with Crippen LogP contribution in [0.4, 0.5) is 0 Å². The second kappa shape index (κ2) is 7.75. The SMILES string of the molecule is C[C@@H](c1nc2ccccc2s1)N(C)C(=O)CCCN1C(=O)c2ccccc2C1=O. The Bertz CT molecular complexity index is 1040. The molecule has 0 radical (unpaired) electrons. The monoisotopic (exact) mass is 407 g/mol. The lowest BCUT2D eigenvalue weighted by molar-refractivity contribution is -0.132. The van der Waals surface area contributed by atoms with E-state index in [1.54, 1.807) is 47.5 Å². The fourth-order valence-corrected chi connectivity index (χ4v) is 4.52. The van der Waals surface area contributed by atoms with Gasteiger partial charge in [0.2, 0.25) is 5.91 Å². The molecule has 1 atom stereocenters. The fraction of sp³-hybridized carbons (Fsp3) is 0.273. The quantitative estimate of drug-likeness (QED) is 0.581. The van der Waals surface area contributed by atoms with E-state index < -0.39 is 0 Å². The molecule has 7 heteroatoms. The van der Waals surface area contributed by atoms with Crippen LogP contribution in [0, 0.1) is 0 Å². The van der Waals surface area contributed by atoms with E-state index in [0.717, 1.165) is 15.2 Å². The first-order chi connectivity index (χ1) is 14.0. The molecule has 0 aliphatic carbocycles. The van der Waals surface area contributed by atoms with E-state index >= 15 is 0 Å². The minimum atomic E-state index is -0.283. The molecule has 0 saturated carbocycles. The molecule has 3 aromatic rings. The Morgan fingerprint density at radius 1 is 1.07 bits per heavy atom. The minimum Gasteiger partial charge on any atom is -0.337 e. The van der Waals surface area contributed by atoms with Crippen LogP contribution in [0.1, 0.15) is 51.5 Å². The third kappa shape index (κ3) is 3.53. The second-order valence-electron chi connectivity index (χ2n) is 7.11. The maximum absolute atomic E-state index is 12.6. The number of rotatable bonds is 6. The van der Waals surface area contributed by atoms with Gasteiger partial charge in [0.15, 0.2) is 0 Å². The Morgan fingerprint density at radius 3 is 2.34 bits per heavy atom. The average molecular weight is 407 g/mol. The molecule has 2 heterocycles. The van der Waals surface area contributed by atoms with Gasteiger partial charge in [0.1, 0.15) is 5.01 Å². The maximum atomic E-state index is 12.6. The van der Waals surface area contributed by atoms with E-state index in [2.05, 4.69) is 4.98 Å². The van der Waals surface area contributed by atoms with Gasteiger partial charge in [-0.2, -0.15) is 0 Å². The van der Waals surface area contributed by atoms with Gasteiger partial charge < -0.3 is 4.90 Å². The first kappa shape index (κ1) is 19.3. The molecule has 4 rings (SSSR count). The van der Waals surface area contributed by atoms with Crippen LogP contribution in [0.3, 0.4) is 0 Å². The molecule has 0 spiro atoms. The van der Waals surface area contributed by atoms with Crippen molar-refractivity contribution in [3.63, 3.8) is 0 Å². The topological polar surface area (TPSA) is 70.6 Å². The summed E-state index contributed by atoms with van der Waals surface area (Å²) in [5, 5.41) is 0.891. The Balaban J connectivity index is 1.35. The largest absolute Gasteiger partial charge is 0.337 e. The van der Waals surface area contributed by atoms with Crippen LogP contribution in [0.15, 0.2) is 48.5 Å². The first-order valence-corrected chi connectivity index (χ1v) is 10.4. The number of carbonyl (C=O) groups excluding carboxylic acids is 3. The standard InChI is InChI=1S/C22H21N3O3S/c1-14(20-23-17-10-5-6-11-18(17)29-20)24(2)19(26)12-7-13-25-21(27)15-8-3-4-9-16(15)22(25)28/h3-6,8-11,14H,7,12-13H2,1-2H3/t14-/m0/s1. The number of aromatic nitrogens is 1. The van der Waals surface area contributed by atoms with E-state index in [1.165, 1.54) is 4.90 Å². The third-order valence-corrected chi connectivity index (χ3v) is 6.50. The summed E-state index contributed by atoms with van der Waals surface area (Å²) in [7, 11) is 1.76. The number of para-hydroxylation sites is 1. The van der Waals surface area contributed by atoms with Crippen LogP contribution in [0.5, 0.6) is 0 Å². The van der Waals surface area contributed by atoms with Gasteiger partial charge >= 0.3 is 0 Å². The summed E-state index contributed by atoms with van der Waals surface area (Å²) in [6, 6.07) is 14.6. The van der Waals surface area contributed by atoms with Gasteiger partial charge in [-0.25, -0.2) is 4.98 Å². The van der Waals surface area contributed by atoms with Gasteiger partial charge in [-0.15, -0.1) is 11.3 Å². The van der Waals surface area contributed by atoms with E-state index in [4.69, 9.17) is 0 Å². The Morgan fingerprint density at radius 2 is 1.69 bits per heavy atom. The van der Waals surface area contributed by atoms with Crippen molar-refractivity contribution in [1.29, 1.82) is 0 Å². The van der Waals surface area contributed by atoms with E-state index in [1.807, 2.05) is 31.2 Å². The van der Waals surface area contributed by atoms with Crippen molar-refractivity contribution in [2.75, 3.05) is 13.6 Å². The molecule has 1 aliphatic rings. The lowest BCUT2D eigenvalue weighted by Crippen LogP contribution is -2.33. The number of thiazole rings is 1. The molecule has 0 fully saturated rings. The van der Waals surface area contributed by atoms with Crippen LogP contribution in [-0.4, -0.2) is 46.1 Å². The van der Waals surface area contributed by atoms with Gasteiger partial charge in [-0.1, -0.05) is 24.3 Å². The second-order valence-corrected chi connectivity index (χ2v) is 8.17. The molecule has 0 bridgehead atoms. The van der Waals surface area contributed by atoms with Crippen molar-refractivity contribution in [1.82, 2.24) is 14.8 Å². The number of hydrogen-bond acceptors (Lipinski definition) is 5. The van der Waals surface area contributed by atoms with Crippen LogP contribution >= 0.6 is 11.3 Å². The lowest BCUT2D eigenvalue weighted by atomic mass is 10.1. The van der Waals surface area contributed by atoms with Crippen LogP contribution in [-0.2, 0) is 4.79 Å². The van der Waals surface area contributed by atoms with Crippen molar-refractivity contribution in [3.8, 4) is 0 Å². The van der Waals surface area contributed by atoms with Crippen molar-refractivity contribution < 1.29 is 14.4 Å². The summed E-state index contributed by atoms with van der Waals surface area (Å²) in [5.41, 5.74) is 1.81. The minimum absolute atomic E-state index is 0.0339. The molecule has 0 saturated heterocycles. The van der Waals surface area contributed by atoms with Crippen LogP contribution < -0.4 is 0 Å². The van der Waals surface area contributed by atoms with E-state index in [9.17, 15) is 14.4 Å². The summed E-state index contributed by atoms with van der Waals surface area (Å²) < 4.78 is 1.10. The Labute approximate surface area is 172 Å². The number of nitrogens with zero attached hydrogens (tertiary/aromatic N) is 3. The Hall–Kier alpha value is -3.06. The Kier molecular flexibility index (Phi) is 5.15. The molecule has 6 nitrogen and oxygen atoms in total. The normalized spacial score (nSPS) is 14.3. The molecule has 148 valence electrons. The van der Waals surface area contributed by atoms with E-state index in [0.29, 0.717) is 17.5 Å². The van der Waals surface area contributed by atoms with Crippen LogP contribution in [0.2, 0.25) is 0 Å². The molecule has 29 heavy (non-hydrogen) atoms. The number of hydrogen-bond donors (Lipinski definition) is 0. The zero-order chi connectivity index (χ0) is 20.5. The third-order valence-electron chi connectivity index (χ3n) is 5.29. The van der Waals surface area contributed by atoms with Crippen molar-refractivity contribution >= 4 is 39.3 Å². The zero-order valence-electron chi connectivity index (χ0n) is 16.3. The number of fused-ring (bicyclic) bond motifs is 2. The number of benzene rings is 2. The summed E-state index contributed by atoms with van der Waals surface area (Å²) in [4.78, 5) is 45.0. The summed E-state index contributed by atoms with van der Waals surface area (Å²) in [6.45, 7) is 2.20. The highest BCUT2D eigenvalue weighted by Crippen LogP contribution is 2.29. The zero-order valence-corrected chi connectivity index (χ0v) is 17.1. The summed E-state index contributed by atoms with van der Waals surface area (Å²) in [5.74, 6) is -0.600. The van der Waals surface area contributed by atoms with Gasteiger partial charge in [0.25, 0.3) is 11.8 Å². The van der Waals surface area contributed by atoms with E-state index in [-0.39, 0.29) is 36.7 Å². The molecule has 1 aliphatic heterocycles. The van der Waals surface area contributed by atoms with Crippen molar-refractivity contribution in [2.45, 2.75) is 25.8 Å². The van der Waals surface area contributed by atoms with Crippen molar-refractivity contribution in [3.05, 3.63) is 64.7 Å². The summed E-state index contributed by atoms with van der Waals surface area (Å²) >= 11 is 1.59. The number of amides is 3. The van der Waals surface area contributed by atoms with Crippen LogP contribution in [0.25, 0.3) is 10.2 Å². The number of carbonyl (C=O) groups is 3.